The van der Waals surface area contributed by atoms with Crippen LogP contribution >= 0.6 is 0 Å². The van der Waals surface area contributed by atoms with Crippen molar-refractivity contribution < 1.29 is 4.79 Å². The summed E-state index contributed by atoms with van der Waals surface area (Å²) in [6, 6.07) is 11.8. The van der Waals surface area contributed by atoms with Crippen molar-refractivity contribution in [3.05, 3.63) is 66.7 Å². The second-order valence-corrected chi connectivity index (χ2v) is 6.65. The summed E-state index contributed by atoms with van der Waals surface area (Å²) < 4.78 is 0. The number of fused-ring (bicyclic) bond motifs is 1. The van der Waals surface area contributed by atoms with Gasteiger partial charge in [0.2, 0.25) is 6.41 Å². The van der Waals surface area contributed by atoms with E-state index in [1.807, 2.05) is 42.7 Å². The van der Waals surface area contributed by atoms with E-state index in [2.05, 4.69) is 33.3 Å². The van der Waals surface area contributed by atoms with Gasteiger partial charge in [-0.3, -0.25) is 14.8 Å². The molecule has 1 aliphatic heterocycles. The molecule has 0 bridgehead atoms. The molecular weight excluding hydrogens is 324 g/mol. The third-order valence-corrected chi connectivity index (χ3v) is 4.63. The molecule has 1 saturated heterocycles. The summed E-state index contributed by atoms with van der Waals surface area (Å²) in [5.41, 5.74) is 2.19. The Morgan fingerprint density at radius 3 is 2.77 bits per heavy atom. The van der Waals surface area contributed by atoms with E-state index in [1.165, 1.54) is 31.5 Å². The lowest BCUT2D eigenvalue weighted by Crippen LogP contribution is -2.14. The highest BCUT2D eigenvalue weighted by Crippen LogP contribution is 2.21. The third-order valence-electron chi connectivity index (χ3n) is 4.63. The minimum Gasteiger partial charge on any atom is -0.328 e. The molecule has 1 aliphatic rings. The Labute approximate surface area is 154 Å². The molecule has 0 radical (unpaired) electrons. The average Bonchev–Trinajstić information content (AvgIpc) is 3.08. The number of aromatic nitrogens is 2. The van der Waals surface area contributed by atoms with Crippen molar-refractivity contribution in [2.24, 2.45) is 5.92 Å². The standard InChI is InChI=1S/C11H16N2.C10H8N2O/c1-13-6-4-11(9-13)7-10-3-2-5-12-8-10;13-7-12-10-3-1-2-8-6-11-5-4-9(8)10/h2-3,5,8,11H,4,6-7,9H2,1H3;1-7H,(H,12,13). The van der Waals surface area contributed by atoms with Crippen LogP contribution in [0.3, 0.4) is 0 Å². The molecule has 3 heterocycles. The zero-order valence-electron chi connectivity index (χ0n) is 15.0. The molecule has 5 heteroatoms. The minimum atomic E-state index is 0.676. The van der Waals surface area contributed by atoms with Gasteiger partial charge in [0.15, 0.2) is 0 Å². The van der Waals surface area contributed by atoms with Crippen molar-refractivity contribution in [1.29, 1.82) is 0 Å². The van der Waals surface area contributed by atoms with Crippen LogP contribution in [0.25, 0.3) is 10.8 Å². The van der Waals surface area contributed by atoms with Gasteiger partial charge >= 0.3 is 0 Å². The number of anilines is 1. The van der Waals surface area contributed by atoms with E-state index in [0.717, 1.165) is 22.4 Å². The summed E-state index contributed by atoms with van der Waals surface area (Å²) >= 11 is 0. The fourth-order valence-electron chi connectivity index (χ4n) is 3.36. The van der Waals surface area contributed by atoms with Crippen LogP contribution in [0.4, 0.5) is 5.69 Å². The number of nitrogens with one attached hydrogen (secondary N) is 1. The van der Waals surface area contributed by atoms with E-state index in [1.54, 1.807) is 12.4 Å². The first-order chi connectivity index (χ1) is 12.8. The van der Waals surface area contributed by atoms with Crippen LogP contribution in [0.1, 0.15) is 12.0 Å². The van der Waals surface area contributed by atoms with Crippen molar-refractivity contribution in [3.8, 4) is 0 Å². The second kappa shape index (κ2) is 9.06. The van der Waals surface area contributed by atoms with Crippen molar-refractivity contribution in [2.75, 3.05) is 25.5 Å². The summed E-state index contributed by atoms with van der Waals surface area (Å²) in [7, 11) is 2.20. The van der Waals surface area contributed by atoms with Crippen LogP contribution in [-0.4, -0.2) is 41.4 Å². The monoisotopic (exact) mass is 348 g/mol. The first kappa shape index (κ1) is 18.0. The first-order valence-electron chi connectivity index (χ1n) is 8.86. The lowest BCUT2D eigenvalue weighted by atomic mass is 10.0. The maximum absolute atomic E-state index is 10.3. The predicted octanol–water partition coefficient (Wildman–Crippen LogP) is 3.38. The Morgan fingerprint density at radius 1 is 1.15 bits per heavy atom. The number of carbonyl (C=O) groups excluding carboxylic acids is 1. The Morgan fingerprint density at radius 2 is 2.04 bits per heavy atom. The topological polar surface area (TPSA) is 58.1 Å². The molecule has 0 spiro atoms. The highest BCUT2D eigenvalue weighted by Gasteiger charge is 2.19. The number of hydrogen-bond donors (Lipinski definition) is 1. The van der Waals surface area contributed by atoms with Crippen LogP contribution in [0.5, 0.6) is 0 Å². The van der Waals surface area contributed by atoms with Crippen molar-refractivity contribution in [3.63, 3.8) is 0 Å². The number of pyridine rings is 2. The number of benzene rings is 1. The molecule has 26 heavy (non-hydrogen) atoms. The summed E-state index contributed by atoms with van der Waals surface area (Å²) in [6.07, 6.45) is 10.5. The highest BCUT2D eigenvalue weighted by molar-refractivity contribution is 5.96. The summed E-state index contributed by atoms with van der Waals surface area (Å²) in [5.74, 6) is 0.842. The molecule has 134 valence electrons. The number of hydrogen-bond acceptors (Lipinski definition) is 4. The van der Waals surface area contributed by atoms with E-state index in [-0.39, 0.29) is 0 Å². The van der Waals surface area contributed by atoms with Crippen molar-refractivity contribution >= 4 is 22.9 Å². The number of likely N-dealkylation sites (tertiary alicyclic amines) is 1. The van der Waals surface area contributed by atoms with Crippen LogP contribution < -0.4 is 5.32 Å². The normalized spacial score (nSPS) is 16.7. The maximum Gasteiger partial charge on any atom is 0.211 e. The quantitative estimate of drug-likeness (QED) is 0.735. The largest absolute Gasteiger partial charge is 0.328 e. The number of rotatable bonds is 4. The van der Waals surface area contributed by atoms with Gasteiger partial charge in [0.1, 0.15) is 0 Å². The van der Waals surface area contributed by atoms with Gasteiger partial charge in [-0.05, 0) is 56.1 Å². The van der Waals surface area contributed by atoms with E-state index >= 15 is 0 Å². The molecule has 1 fully saturated rings. The lowest BCUT2D eigenvalue weighted by molar-refractivity contribution is -0.105. The maximum atomic E-state index is 10.3. The van der Waals surface area contributed by atoms with Crippen LogP contribution in [-0.2, 0) is 11.2 Å². The Kier molecular flexibility index (Phi) is 6.28. The average molecular weight is 348 g/mol. The molecule has 5 nitrogen and oxygen atoms in total. The Bertz CT molecular complexity index is 832. The Balaban J connectivity index is 0.000000151. The fourth-order valence-corrected chi connectivity index (χ4v) is 3.36. The van der Waals surface area contributed by atoms with E-state index in [9.17, 15) is 4.79 Å². The van der Waals surface area contributed by atoms with Crippen LogP contribution in [0, 0.1) is 5.92 Å². The zero-order valence-corrected chi connectivity index (χ0v) is 15.0. The van der Waals surface area contributed by atoms with Gasteiger partial charge in [-0.1, -0.05) is 18.2 Å². The zero-order chi connectivity index (χ0) is 18.2. The molecule has 1 atom stereocenters. The van der Waals surface area contributed by atoms with E-state index in [0.29, 0.717) is 6.41 Å². The van der Waals surface area contributed by atoms with Gasteiger partial charge in [0.05, 0.1) is 0 Å². The minimum absolute atomic E-state index is 0.676. The number of amides is 1. The van der Waals surface area contributed by atoms with Gasteiger partial charge in [0, 0.05) is 47.8 Å². The van der Waals surface area contributed by atoms with E-state index in [4.69, 9.17) is 0 Å². The third kappa shape index (κ3) is 4.86. The molecule has 4 rings (SSSR count). The second-order valence-electron chi connectivity index (χ2n) is 6.65. The SMILES string of the molecule is CN1CCC(Cc2cccnc2)C1.O=CNc1cccc2cnccc12. The van der Waals surface area contributed by atoms with Gasteiger partial charge in [-0.25, -0.2) is 0 Å². The van der Waals surface area contributed by atoms with Crippen molar-refractivity contribution in [2.45, 2.75) is 12.8 Å². The molecule has 3 aromatic rings. The predicted molar refractivity (Wildman–Crippen MR) is 105 cm³/mol. The molecule has 1 amide bonds. The number of carbonyl (C=O) groups is 1. The summed E-state index contributed by atoms with van der Waals surface area (Å²) in [4.78, 5) is 20.8. The summed E-state index contributed by atoms with van der Waals surface area (Å²) in [5, 5.41) is 4.67. The first-order valence-corrected chi connectivity index (χ1v) is 8.86. The Hall–Kier alpha value is -2.79. The lowest BCUT2D eigenvalue weighted by Gasteiger charge is -2.09. The summed E-state index contributed by atoms with van der Waals surface area (Å²) in [6.45, 7) is 2.50. The molecule has 1 aromatic carbocycles. The fraction of sp³-hybridized carbons (Fsp3) is 0.286. The van der Waals surface area contributed by atoms with Crippen molar-refractivity contribution in [1.82, 2.24) is 14.9 Å². The van der Waals surface area contributed by atoms with Gasteiger partial charge in [-0.15, -0.1) is 0 Å². The number of nitrogens with zero attached hydrogens (tertiary/aromatic N) is 3. The van der Waals surface area contributed by atoms with Gasteiger partial charge in [0.25, 0.3) is 0 Å². The van der Waals surface area contributed by atoms with Crippen LogP contribution in [0.2, 0.25) is 0 Å². The van der Waals surface area contributed by atoms with Gasteiger partial charge < -0.3 is 10.2 Å². The van der Waals surface area contributed by atoms with Gasteiger partial charge in [-0.2, -0.15) is 0 Å². The molecule has 0 aliphatic carbocycles. The van der Waals surface area contributed by atoms with Crippen LogP contribution in [0.15, 0.2) is 61.2 Å². The highest BCUT2D eigenvalue weighted by atomic mass is 16.1. The molecule has 1 unspecified atom stereocenters. The molecule has 2 aromatic heterocycles. The molecular formula is C21H24N4O. The van der Waals surface area contributed by atoms with E-state index < -0.39 is 0 Å². The molecule has 1 N–H and O–H groups in total. The smallest absolute Gasteiger partial charge is 0.211 e. The molecule has 0 saturated carbocycles.